The van der Waals surface area contributed by atoms with Crippen LogP contribution in [0.25, 0.3) is 0 Å². The zero-order valence-corrected chi connectivity index (χ0v) is 7.16. The summed E-state index contributed by atoms with van der Waals surface area (Å²) >= 11 is 0. The Bertz CT molecular complexity index is 204. The maximum Gasteiger partial charge on any atom is -0.0194 e. The summed E-state index contributed by atoms with van der Waals surface area (Å²) in [6.45, 7) is 2.46. The maximum atomic E-state index is 2.50. The molecule has 2 saturated carbocycles. The van der Waals surface area contributed by atoms with Crippen LogP contribution in [-0.2, 0) is 0 Å². The van der Waals surface area contributed by atoms with Gasteiger partial charge in [-0.1, -0.05) is 19.1 Å². The van der Waals surface area contributed by atoms with Crippen LogP contribution in [0.3, 0.4) is 0 Å². The smallest absolute Gasteiger partial charge is 0.0194 e. The zero-order chi connectivity index (χ0) is 7.42. The lowest BCUT2D eigenvalue weighted by molar-refractivity contribution is 0.344. The summed E-state index contributed by atoms with van der Waals surface area (Å²) in [6.07, 6.45) is 9.51. The van der Waals surface area contributed by atoms with Crippen molar-refractivity contribution in [3.63, 3.8) is 0 Å². The molecule has 0 aromatic carbocycles. The second kappa shape index (κ2) is 1.91. The van der Waals surface area contributed by atoms with Crippen LogP contribution in [0.15, 0.2) is 12.2 Å². The van der Waals surface area contributed by atoms with Crippen LogP contribution >= 0.6 is 0 Å². The molecule has 0 aromatic heterocycles. The Hall–Kier alpha value is -0.260. The minimum absolute atomic E-state index is 0.988. The molecule has 3 aliphatic carbocycles. The Labute approximate surface area is 68.7 Å². The molecule has 60 valence electrons. The molecule has 0 heteroatoms. The molecule has 5 atom stereocenters. The van der Waals surface area contributed by atoms with E-state index >= 15 is 0 Å². The van der Waals surface area contributed by atoms with Gasteiger partial charge in [-0.15, -0.1) is 0 Å². The molecule has 0 nitrogen and oxygen atoms in total. The Morgan fingerprint density at radius 2 is 1.91 bits per heavy atom. The summed E-state index contributed by atoms with van der Waals surface area (Å²) in [5, 5.41) is 0. The average molecular weight is 148 g/mol. The highest BCUT2D eigenvalue weighted by Crippen LogP contribution is 2.57. The van der Waals surface area contributed by atoms with E-state index in [2.05, 4.69) is 19.1 Å². The number of hydrogen-bond acceptors (Lipinski definition) is 0. The maximum absolute atomic E-state index is 2.50. The van der Waals surface area contributed by atoms with Gasteiger partial charge in [-0.05, 0) is 48.9 Å². The van der Waals surface area contributed by atoms with Crippen molar-refractivity contribution in [2.75, 3.05) is 0 Å². The highest BCUT2D eigenvalue weighted by molar-refractivity contribution is 5.15. The van der Waals surface area contributed by atoms with E-state index in [0.717, 1.165) is 29.6 Å². The summed E-state index contributed by atoms with van der Waals surface area (Å²) in [7, 11) is 0. The zero-order valence-electron chi connectivity index (χ0n) is 7.16. The van der Waals surface area contributed by atoms with Crippen LogP contribution in [-0.4, -0.2) is 0 Å². The van der Waals surface area contributed by atoms with Gasteiger partial charge in [-0.3, -0.25) is 0 Å². The van der Waals surface area contributed by atoms with Crippen molar-refractivity contribution in [2.45, 2.75) is 26.2 Å². The van der Waals surface area contributed by atoms with Crippen LogP contribution in [0.4, 0.5) is 0 Å². The molecule has 3 aliphatic rings. The van der Waals surface area contributed by atoms with Gasteiger partial charge in [0.15, 0.2) is 0 Å². The Morgan fingerprint density at radius 1 is 1.09 bits per heavy atom. The van der Waals surface area contributed by atoms with Gasteiger partial charge >= 0.3 is 0 Å². The van der Waals surface area contributed by atoms with Crippen LogP contribution < -0.4 is 0 Å². The molecule has 0 saturated heterocycles. The second-order valence-electron chi connectivity index (χ2n) is 4.74. The molecular formula is C11H16. The third-order valence-corrected chi connectivity index (χ3v) is 4.30. The molecular weight excluding hydrogens is 132 g/mol. The Morgan fingerprint density at radius 3 is 2.82 bits per heavy atom. The highest BCUT2D eigenvalue weighted by atomic mass is 14.5. The van der Waals surface area contributed by atoms with E-state index in [0.29, 0.717) is 0 Å². The van der Waals surface area contributed by atoms with Crippen LogP contribution in [0.2, 0.25) is 0 Å². The molecule has 0 spiro atoms. The summed E-state index contributed by atoms with van der Waals surface area (Å²) in [4.78, 5) is 0. The van der Waals surface area contributed by atoms with Crippen LogP contribution in [0.1, 0.15) is 26.2 Å². The van der Waals surface area contributed by atoms with Crippen LogP contribution in [0.5, 0.6) is 0 Å². The third kappa shape index (κ3) is 0.660. The molecule has 0 amide bonds. The van der Waals surface area contributed by atoms with Crippen molar-refractivity contribution in [2.24, 2.45) is 29.6 Å². The van der Waals surface area contributed by atoms with Gasteiger partial charge in [0.25, 0.3) is 0 Å². The van der Waals surface area contributed by atoms with Gasteiger partial charge in [0.1, 0.15) is 0 Å². The monoisotopic (exact) mass is 148 g/mol. The van der Waals surface area contributed by atoms with E-state index in [1.165, 1.54) is 19.3 Å². The number of rotatable bonds is 0. The summed E-state index contributed by atoms with van der Waals surface area (Å²) < 4.78 is 0. The van der Waals surface area contributed by atoms with Gasteiger partial charge in [-0.2, -0.15) is 0 Å². The van der Waals surface area contributed by atoms with Crippen molar-refractivity contribution in [3.8, 4) is 0 Å². The fraction of sp³-hybridized carbons (Fsp3) is 0.818. The lowest BCUT2D eigenvalue weighted by Gasteiger charge is -2.15. The fourth-order valence-electron chi connectivity index (χ4n) is 3.86. The molecule has 11 heavy (non-hydrogen) atoms. The third-order valence-electron chi connectivity index (χ3n) is 4.30. The van der Waals surface area contributed by atoms with E-state index in [1.807, 2.05) is 0 Å². The number of allylic oxidation sites excluding steroid dienone is 2. The molecule has 5 unspecified atom stereocenters. The predicted molar refractivity (Wildman–Crippen MR) is 46.1 cm³/mol. The van der Waals surface area contributed by atoms with Crippen molar-refractivity contribution in [1.29, 1.82) is 0 Å². The minimum atomic E-state index is 0.988. The summed E-state index contributed by atoms with van der Waals surface area (Å²) in [5.74, 6) is 5.20. The van der Waals surface area contributed by atoms with E-state index < -0.39 is 0 Å². The van der Waals surface area contributed by atoms with Gasteiger partial charge in [0.2, 0.25) is 0 Å². The van der Waals surface area contributed by atoms with Crippen molar-refractivity contribution >= 4 is 0 Å². The second-order valence-corrected chi connectivity index (χ2v) is 4.74. The molecule has 0 aromatic rings. The molecule has 0 heterocycles. The van der Waals surface area contributed by atoms with Crippen molar-refractivity contribution in [1.82, 2.24) is 0 Å². The topological polar surface area (TPSA) is 0 Å². The molecule has 0 aliphatic heterocycles. The first-order valence-electron chi connectivity index (χ1n) is 5.04. The predicted octanol–water partition coefficient (Wildman–Crippen LogP) is 2.85. The molecule has 3 rings (SSSR count). The first-order chi connectivity index (χ1) is 5.36. The highest BCUT2D eigenvalue weighted by Gasteiger charge is 2.49. The standard InChI is InChI=1S/C11H16/c1-7-6-9-3-2-8-4-5-10(7)11(8)9/h2-3,7-11H,4-6H2,1H3. The van der Waals surface area contributed by atoms with E-state index in [4.69, 9.17) is 0 Å². The van der Waals surface area contributed by atoms with E-state index in [9.17, 15) is 0 Å². The van der Waals surface area contributed by atoms with Gasteiger partial charge in [0, 0.05) is 0 Å². The summed E-state index contributed by atoms with van der Waals surface area (Å²) in [6, 6.07) is 0. The van der Waals surface area contributed by atoms with E-state index in [1.54, 1.807) is 0 Å². The first kappa shape index (κ1) is 6.28. The molecule has 2 fully saturated rings. The lowest BCUT2D eigenvalue weighted by atomic mass is 9.90. The average Bonchev–Trinajstić information content (AvgIpc) is 2.53. The Balaban J connectivity index is 1.98. The largest absolute Gasteiger partial charge is 0.0848 e. The van der Waals surface area contributed by atoms with Crippen LogP contribution in [0, 0.1) is 29.6 Å². The lowest BCUT2D eigenvalue weighted by Crippen LogP contribution is -2.10. The van der Waals surface area contributed by atoms with Crippen molar-refractivity contribution in [3.05, 3.63) is 12.2 Å². The molecule has 0 radical (unpaired) electrons. The first-order valence-corrected chi connectivity index (χ1v) is 5.04. The Kier molecular flexibility index (Phi) is 1.09. The van der Waals surface area contributed by atoms with Gasteiger partial charge in [0.05, 0.1) is 0 Å². The molecule has 0 N–H and O–H groups in total. The summed E-state index contributed by atoms with van der Waals surface area (Å²) in [5.41, 5.74) is 0. The molecule has 0 bridgehead atoms. The van der Waals surface area contributed by atoms with Crippen molar-refractivity contribution < 1.29 is 0 Å². The van der Waals surface area contributed by atoms with Gasteiger partial charge < -0.3 is 0 Å². The number of hydrogen-bond donors (Lipinski definition) is 0. The minimum Gasteiger partial charge on any atom is -0.0848 e. The fourth-order valence-corrected chi connectivity index (χ4v) is 3.86. The van der Waals surface area contributed by atoms with E-state index in [-0.39, 0.29) is 0 Å². The quantitative estimate of drug-likeness (QED) is 0.463. The normalized spacial score (nSPS) is 58.8. The van der Waals surface area contributed by atoms with Gasteiger partial charge in [-0.25, -0.2) is 0 Å². The SMILES string of the molecule is CC1CC2C=CC3CCC1C32.